The van der Waals surface area contributed by atoms with E-state index in [9.17, 15) is 9.59 Å². The molecular formula is C24H24N6O2. The predicted molar refractivity (Wildman–Crippen MR) is 120 cm³/mol. The van der Waals surface area contributed by atoms with E-state index in [1.807, 2.05) is 50.2 Å². The molecule has 0 bridgehead atoms. The number of nitrogens with one attached hydrogen (secondary N) is 1. The molecule has 1 spiro atoms. The normalized spacial score (nSPS) is 21.8. The summed E-state index contributed by atoms with van der Waals surface area (Å²) in [5.41, 5.74) is 8.45. The fourth-order valence-electron chi connectivity index (χ4n) is 4.94. The lowest BCUT2D eigenvalue weighted by molar-refractivity contribution is -0.121. The molecule has 1 aromatic carbocycles. The molecule has 2 aromatic heterocycles. The highest BCUT2D eigenvalue weighted by Crippen LogP contribution is 2.54. The van der Waals surface area contributed by atoms with E-state index in [4.69, 9.17) is 5.73 Å². The minimum absolute atomic E-state index is 0.0651. The van der Waals surface area contributed by atoms with Gasteiger partial charge in [-0.15, -0.1) is 0 Å². The van der Waals surface area contributed by atoms with E-state index in [1.165, 1.54) is 0 Å². The summed E-state index contributed by atoms with van der Waals surface area (Å²) in [6.07, 6.45) is 3.90. The van der Waals surface area contributed by atoms with Crippen LogP contribution in [0.5, 0.6) is 0 Å². The second-order valence-electron chi connectivity index (χ2n) is 8.60. The lowest BCUT2D eigenvalue weighted by Crippen LogP contribution is -2.43. The third-order valence-corrected chi connectivity index (χ3v) is 6.42. The minimum atomic E-state index is -0.894. The number of para-hydroxylation sites is 1. The van der Waals surface area contributed by atoms with Crippen LogP contribution in [0, 0.1) is 0 Å². The Balaban J connectivity index is 1.65. The van der Waals surface area contributed by atoms with Crippen LogP contribution in [0.15, 0.2) is 54.9 Å². The molecule has 2 aliphatic rings. The third kappa shape index (κ3) is 2.94. The Morgan fingerprint density at radius 2 is 2.03 bits per heavy atom. The number of hydrogen-bond acceptors (Lipinski definition) is 6. The van der Waals surface area contributed by atoms with Crippen molar-refractivity contribution in [2.45, 2.75) is 37.6 Å². The number of fused-ring (bicyclic) bond motifs is 2. The van der Waals surface area contributed by atoms with Crippen LogP contribution >= 0.6 is 0 Å². The summed E-state index contributed by atoms with van der Waals surface area (Å²) in [6, 6.07) is 12.6. The number of aromatic nitrogens is 3. The van der Waals surface area contributed by atoms with Gasteiger partial charge in [-0.25, -0.2) is 9.97 Å². The Hall–Kier alpha value is -3.81. The number of amides is 2. The number of rotatable bonds is 3. The second-order valence-corrected chi connectivity index (χ2v) is 8.60. The Morgan fingerprint density at radius 1 is 1.22 bits per heavy atom. The number of benzene rings is 1. The lowest BCUT2D eigenvalue weighted by atomic mass is 9.73. The first kappa shape index (κ1) is 20.1. The van der Waals surface area contributed by atoms with Crippen molar-refractivity contribution in [2.24, 2.45) is 0 Å². The zero-order valence-electron chi connectivity index (χ0n) is 17.9. The summed E-state index contributed by atoms with van der Waals surface area (Å²) in [6.45, 7) is 4.37. The number of nitrogens with zero attached hydrogens (tertiary/aromatic N) is 4. The molecule has 0 radical (unpaired) electrons. The molecule has 3 N–H and O–H groups in total. The van der Waals surface area contributed by atoms with Gasteiger partial charge in [0.15, 0.2) is 0 Å². The van der Waals surface area contributed by atoms with Gasteiger partial charge in [-0.3, -0.25) is 14.6 Å². The van der Waals surface area contributed by atoms with E-state index in [2.05, 4.69) is 20.3 Å². The van der Waals surface area contributed by atoms with Crippen molar-refractivity contribution in [1.82, 2.24) is 19.9 Å². The summed E-state index contributed by atoms with van der Waals surface area (Å²) >= 11 is 0. The Labute approximate surface area is 185 Å². The molecule has 0 saturated carbocycles. The summed E-state index contributed by atoms with van der Waals surface area (Å²) in [5.74, 6) is -0.217. The monoisotopic (exact) mass is 428 g/mol. The highest BCUT2D eigenvalue weighted by atomic mass is 16.2. The smallest absolute Gasteiger partial charge is 0.273 e. The SMILES string of the molecule is CC(C)c1cc(C(=O)N2CCC3(C(=O)Nc4ccccc43)C2c2cccnc2)nc(N)n1. The number of nitrogen functional groups attached to an aromatic ring is 1. The molecule has 8 heteroatoms. The molecular weight excluding hydrogens is 404 g/mol. The molecule has 32 heavy (non-hydrogen) atoms. The maximum absolute atomic E-state index is 13.7. The molecule has 8 nitrogen and oxygen atoms in total. The molecule has 3 aromatic rings. The zero-order valence-corrected chi connectivity index (χ0v) is 17.9. The molecule has 2 aliphatic heterocycles. The van der Waals surface area contributed by atoms with Gasteiger partial charge in [0.1, 0.15) is 11.1 Å². The van der Waals surface area contributed by atoms with Crippen molar-refractivity contribution >= 4 is 23.5 Å². The number of carbonyl (C=O) groups is 2. The van der Waals surface area contributed by atoms with Crippen LogP contribution < -0.4 is 11.1 Å². The molecule has 2 unspecified atom stereocenters. The molecule has 2 atom stereocenters. The fraction of sp³-hybridized carbons (Fsp3) is 0.292. The standard InChI is InChI=1S/C24H24N6O2/c1-14(2)18-12-19(29-23(25)28-18)21(31)30-11-9-24(20(30)15-6-5-10-26-13-15)16-7-3-4-8-17(16)27-22(24)32/h3-8,10,12-14,20H,9,11H2,1-2H3,(H,27,32)(H2,25,28,29). The first-order chi connectivity index (χ1) is 15.4. The molecule has 1 saturated heterocycles. The molecule has 5 rings (SSSR count). The van der Waals surface area contributed by atoms with Crippen molar-refractivity contribution in [3.05, 3.63) is 77.4 Å². The van der Waals surface area contributed by atoms with Gasteiger partial charge < -0.3 is 16.0 Å². The van der Waals surface area contributed by atoms with Crippen molar-refractivity contribution in [3.63, 3.8) is 0 Å². The molecule has 2 amide bonds. The van der Waals surface area contributed by atoms with Gasteiger partial charge in [0.2, 0.25) is 11.9 Å². The number of carbonyl (C=O) groups excluding carboxylic acids is 2. The summed E-state index contributed by atoms with van der Waals surface area (Å²) in [7, 11) is 0. The van der Waals surface area contributed by atoms with Crippen LogP contribution in [0.2, 0.25) is 0 Å². The van der Waals surface area contributed by atoms with Crippen molar-refractivity contribution in [1.29, 1.82) is 0 Å². The van der Waals surface area contributed by atoms with E-state index < -0.39 is 11.5 Å². The van der Waals surface area contributed by atoms with E-state index in [0.717, 1.165) is 16.8 Å². The minimum Gasteiger partial charge on any atom is -0.368 e. The van der Waals surface area contributed by atoms with E-state index in [-0.39, 0.29) is 29.4 Å². The highest BCUT2D eigenvalue weighted by molar-refractivity contribution is 6.08. The number of anilines is 2. The van der Waals surface area contributed by atoms with Crippen LogP contribution in [-0.4, -0.2) is 38.2 Å². The number of hydrogen-bond donors (Lipinski definition) is 2. The summed E-state index contributed by atoms with van der Waals surface area (Å²) in [5, 5.41) is 3.02. The van der Waals surface area contributed by atoms with Crippen LogP contribution in [0.3, 0.4) is 0 Å². The van der Waals surface area contributed by atoms with Gasteiger partial charge in [0.25, 0.3) is 5.91 Å². The molecule has 1 fully saturated rings. The maximum atomic E-state index is 13.7. The summed E-state index contributed by atoms with van der Waals surface area (Å²) in [4.78, 5) is 41.6. The van der Waals surface area contributed by atoms with Crippen LogP contribution in [0.1, 0.15) is 59.5 Å². The fourth-order valence-corrected chi connectivity index (χ4v) is 4.94. The number of pyridine rings is 1. The van der Waals surface area contributed by atoms with Gasteiger partial charge in [0.05, 0.1) is 6.04 Å². The van der Waals surface area contributed by atoms with Gasteiger partial charge in [-0.1, -0.05) is 38.1 Å². The van der Waals surface area contributed by atoms with Crippen LogP contribution in [0.25, 0.3) is 0 Å². The van der Waals surface area contributed by atoms with E-state index in [1.54, 1.807) is 23.4 Å². The first-order valence-electron chi connectivity index (χ1n) is 10.7. The van der Waals surface area contributed by atoms with Crippen molar-refractivity contribution < 1.29 is 9.59 Å². The van der Waals surface area contributed by atoms with E-state index >= 15 is 0 Å². The van der Waals surface area contributed by atoms with Gasteiger partial charge in [-0.05, 0) is 41.7 Å². The third-order valence-electron chi connectivity index (χ3n) is 6.42. The van der Waals surface area contributed by atoms with Crippen LogP contribution in [-0.2, 0) is 10.2 Å². The van der Waals surface area contributed by atoms with Gasteiger partial charge in [0, 0.05) is 30.3 Å². The highest BCUT2D eigenvalue weighted by Gasteiger charge is 2.59. The average molecular weight is 428 g/mol. The Bertz CT molecular complexity index is 1210. The average Bonchev–Trinajstić information content (AvgIpc) is 3.33. The molecule has 0 aliphatic carbocycles. The van der Waals surface area contributed by atoms with Crippen LogP contribution in [0.4, 0.5) is 11.6 Å². The molecule has 4 heterocycles. The van der Waals surface area contributed by atoms with Crippen molar-refractivity contribution in [3.8, 4) is 0 Å². The zero-order chi connectivity index (χ0) is 22.5. The molecule has 162 valence electrons. The number of likely N-dealkylation sites (tertiary alicyclic amines) is 1. The lowest BCUT2D eigenvalue weighted by Gasteiger charge is -2.34. The Morgan fingerprint density at radius 3 is 2.78 bits per heavy atom. The topological polar surface area (TPSA) is 114 Å². The number of nitrogens with two attached hydrogens (primary N) is 1. The van der Waals surface area contributed by atoms with Crippen molar-refractivity contribution in [2.75, 3.05) is 17.6 Å². The van der Waals surface area contributed by atoms with E-state index in [0.29, 0.717) is 18.7 Å². The second kappa shape index (κ2) is 7.40. The quantitative estimate of drug-likeness (QED) is 0.663. The summed E-state index contributed by atoms with van der Waals surface area (Å²) < 4.78 is 0. The Kier molecular flexibility index (Phi) is 4.65. The van der Waals surface area contributed by atoms with Gasteiger partial charge >= 0.3 is 0 Å². The maximum Gasteiger partial charge on any atom is 0.273 e. The largest absolute Gasteiger partial charge is 0.368 e. The first-order valence-corrected chi connectivity index (χ1v) is 10.7. The van der Waals surface area contributed by atoms with Gasteiger partial charge in [-0.2, -0.15) is 0 Å². The predicted octanol–water partition coefficient (Wildman–Crippen LogP) is 3.05.